The Bertz CT molecular complexity index is 37.7. The minimum Gasteiger partial charge on any atom is -0.127 e. The third-order valence-corrected chi connectivity index (χ3v) is 1.60. The first kappa shape index (κ1) is 8.29. The van der Waals surface area contributed by atoms with Crippen molar-refractivity contribution in [2.75, 3.05) is 5.88 Å². The molecule has 0 saturated heterocycles. The molecule has 0 aromatic carbocycles. The van der Waals surface area contributed by atoms with Gasteiger partial charge in [0.2, 0.25) is 0 Å². The fourth-order valence-electron chi connectivity index (χ4n) is 0.823. The predicted molar refractivity (Wildman–Crippen MR) is 39.4 cm³/mol. The Labute approximate surface area is 57.2 Å². The molecule has 0 bridgehead atoms. The van der Waals surface area contributed by atoms with E-state index in [4.69, 9.17) is 11.6 Å². The van der Waals surface area contributed by atoms with Crippen molar-refractivity contribution < 1.29 is 0 Å². The summed E-state index contributed by atoms with van der Waals surface area (Å²) in [6.07, 6.45) is 3.79. The van der Waals surface area contributed by atoms with Crippen LogP contribution >= 0.6 is 11.6 Å². The normalized spacial score (nSPS) is 13.9. The molecule has 0 aromatic heterocycles. The van der Waals surface area contributed by atoms with Crippen LogP contribution in [0.5, 0.6) is 0 Å². The van der Waals surface area contributed by atoms with Crippen LogP contribution in [0.2, 0.25) is 0 Å². The Hall–Kier alpha value is 0.290. The second-order valence-electron chi connectivity index (χ2n) is 2.37. The first-order valence-electron chi connectivity index (χ1n) is 3.37. The van der Waals surface area contributed by atoms with E-state index < -0.39 is 0 Å². The highest BCUT2D eigenvalue weighted by Gasteiger charge is 1.96. The van der Waals surface area contributed by atoms with E-state index in [1.807, 2.05) is 0 Å². The van der Waals surface area contributed by atoms with E-state index >= 15 is 0 Å². The monoisotopic (exact) mass is 134 g/mol. The van der Waals surface area contributed by atoms with Crippen molar-refractivity contribution in [3.63, 3.8) is 0 Å². The highest BCUT2D eigenvalue weighted by atomic mass is 35.5. The van der Waals surface area contributed by atoms with E-state index in [0.717, 1.165) is 11.8 Å². The van der Waals surface area contributed by atoms with Crippen molar-refractivity contribution in [2.45, 2.75) is 33.1 Å². The lowest BCUT2D eigenvalue weighted by atomic mass is 10.0. The summed E-state index contributed by atoms with van der Waals surface area (Å²) >= 11 is 5.53. The van der Waals surface area contributed by atoms with Gasteiger partial charge in [-0.15, -0.1) is 11.6 Å². The molecule has 0 N–H and O–H groups in total. The molecule has 0 radical (unpaired) electrons. The molecule has 0 aliphatic carbocycles. The Morgan fingerprint density at radius 3 is 2.38 bits per heavy atom. The fraction of sp³-hybridized carbons (Fsp3) is 1.00. The largest absolute Gasteiger partial charge is 0.127 e. The van der Waals surface area contributed by atoms with E-state index in [-0.39, 0.29) is 0 Å². The third-order valence-electron chi connectivity index (χ3n) is 1.38. The topological polar surface area (TPSA) is 0 Å². The Kier molecular flexibility index (Phi) is 5.62. The molecule has 0 spiro atoms. The smallest absolute Gasteiger partial charge is 0.0225 e. The van der Waals surface area contributed by atoms with Crippen LogP contribution in [-0.2, 0) is 0 Å². The lowest BCUT2D eigenvalue weighted by Gasteiger charge is -2.04. The van der Waals surface area contributed by atoms with E-state index in [1.165, 1.54) is 19.3 Å². The molecule has 1 heteroatoms. The standard InChI is InChI=1S/C7H15Cl/c1-3-4-7(2)5-6-8/h7H,3-6H2,1-2H3. The van der Waals surface area contributed by atoms with Crippen molar-refractivity contribution in [2.24, 2.45) is 5.92 Å². The van der Waals surface area contributed by atoms with Crippen LogP contribution in [0.15, 0.2) is 0 Å². The maximum atomic E-state index is 5.53. The lowest BCUT2D eigenvalue weighted by Crippen LogP contribution is -1.93. The quantitative estimate of drug-likeness (QED) is 0.519. The van der Waals surface area contributed by atoms with Gasteiger partial charge in [0.1, 0.15) is 0 Å². The molecule has 0 aromatic rings. The Balaban J connectivity index is 2.92. The maximum Gasteiger partial charge on any atom is 0.0225 e. The zero-order valence-electron chi connectivity index (χ0n) is 5.78. The lowest BCUT2D eigenvalue weighted by molar-refractivity contribution is 0.512. The minimum atomic E-state index is 0.821. The summed E-state index contributed by atoms with van der Waals surface area (Å²) in [7, 11) is 0. The molecule has 1 atom stereocenters. The zero-order valence-corrected chi connectivity index (χ0v) is 6.54. The summed E-state index contributed by atoms with van der Waals surface area (Å²) in [5, 5.41) is 0. The van der Waals surface area contributed by atoms with Crippen LogP contribution in [0.1, 0.15) is 33.1 Å². The van der Waals surface area contributed by atoms with E-state index in [2.05, 4.69) is 13.8 Å². The molecule has 8 heavy (non-hydrogen) atoms. The van der Waals surface area contributed by atoms with Crippen molar-refractivity contribution in [1.82, 2.24) is 0 Å². The second kappa shape index (κ2) is 5.43. The molecule has 0 amide bonds. The van der Waals surface area contributed by atoms with Gasteiger partial charge in [0, 0.05) is 5.88 Å². The molecule has 0 aliphatic rings. The molecule has 0 rings (SSSR count). The maximum absolute atomic E-state index is 5.53. The average Bonchev–Trinajstić information content (AvgIpc) is 1.68. The Morgan fingerprint density at radius 2 is 2.00 bits per heavy atom. The number of rotatable bonds is 4. The van der Waals surface area contributed by atoms with Crippen LogP contribution < -0.4 is 0 Å². The number of hydrogen-bond acceptors (Lipinski definition) is 0. The van der Waals surface area contributed by atoms with Gasteiger partial charge in [-0.3, -0.25) is 0 Å². The number of hydrogen-bond donors (Lipinski definition) is 0. The van der Waals surface area contributed by atoms with Gasteiger partial charge in [-0.1, -0.05) is 26.7 Å². The van der Waals surface area contributed by atoms with E-state index in [9.17, 15) is 0 Å². The molecule has 0 saturated carbocycles. The van der Waals surface area contributed by atoms with Crippen LogP contribution in [-0.4, -0.2) is 5.88 Å². The van der Waals surface area contributed by atoms with Crippen molar-refractivity contribution in [3.05, 3.63) is 0 Å². The molecular formula is C7H15Cl. The Morgan fingerprint density at radius 1 is 1.38 bits per heavy atom. The summed E-state index contributed by atoms with van der Waals surface area (Å²) in [4.78, 5) is 0. The predicted octanol–water partition coefficient (Wildman–Crippen LogP) is 3.05. The molecular weight excluding hydrogens is 120 g/mol. The van der Waals surface area contributed by atoms with Crippen molar-refractivity contribution in [1.29, 1.82) is 0 Å². The first-order valence-corrected chi connectivity index (χ1v) is 3.90. The second-order valence-corrected chi connectivity index (χ2v) is 2.75. The molecule has 0 aliphatic heterocycles. The fourth-order valence-corrected chi connectivity index (χ4v) is 1.20. The first-order chi connectivity index (χ1) is 3.81. The van der Waals surface area contributed by atoms with E-state index in [0.29, 0.717) is 0 Å². The van der Waals surface area contributed by atoms with Gasteiger partial charge in [0.25, 0.3) is 0 Å². The minimum absolute atomic E-state index is 0.821. The average molecular weight is 135 g/mol. The van der Waals surface area contributed by atoms with Gasteiger partial charge in [-0.05, 0) is 12.3 Å². The van der Waals surface area contributed by atoms with Gasteiger partial charge < -0.3 is 0 Å². The van der Waals surface area contributed by atoms with Crippen LogP contribution in [0, 0.1) is 5.92 Å². The highest BCUT2D eigenvalue weighted by molar-refractivity contribution is 6.17. The van der Waals surface area contributed by atoms with Crippen molar-refractivity contribution >= 4 is 11.6 Å². The molecule has 50 valence electrons. The van der Waals surface area contributed by atoms with Gasteiger partial charge in [0.15, 0.2) is 0 Å². The summed E-state index contributed by atoms with van der Waals surface area (Å²) in [6.45, 7) is 4.47. The molecule has 0 heterocycles. The summed E-state index contributed by atoms with van der Waals surface area (Å²) in [5.41, 5.74) is 0. The summed E-state index contributed by atoms with van der Waals surface area (Å²) in [5.74, 6) is 1.65. The van der Waals surface area contributed by atoms with Crippen LogP contribution in [0.25, 0.3) is 0 Å². The van der Waals surface area contributed by atoms with Crippen molar-refractivity contribution in [3.8, 4) is 0 Å². The molecule has 1 unspecified atom stereocenters. The molecule has 0 nitrogen and oxygen atoms in total. The van der Waals surface area contributed by atoms with E-state index in [1.54, 1.807) is 0 Å². The van der Waals surface area contributed by atoms with Gasteiger partial charge >= 0.3 is 0 Å². The number of alkyl halides is 1. The zero-order chi connectivity index (χ0) is 6.41. The summed E-state index contributed by atoms with van der Waals surface area (Å²) in [6, 6.07) is 0. The van der Waals surface area contributed by atoms with Crippen LogP contribution in [0.4, 0.5) is 0 Å². The highest BCUT2D eigenvalue weighted by Crippen LogP contribution is 2.09. The van der Waals surface area contributed by atoms with Gasteiger partial charge in [0.05, 0.1) is 0 Å². The third kappa shape index (κ3) is 4.45. The number of halogens is 1. The SMILES string of the molecule is CCCC(C)CCCl. The van der Waals surface area contributed by atoms with Gasteiger partial charge in [-0.25, -0.2) is 0 Å². The van der Waals surface area contributed by atoms with Gasteiger partial charge in [-0.2, -0.15) is 0 Å². The summed E-state index contributed by atoms with van der Waals surface area (Å²) < 4.78 is 0. The van der Waals surface area contributed by atoms with Crippen LogP contribution in [0.3, 0.4) is 0 Å². The molecule has 0 fully saturated rings.